The van der Waals surface area contributed by atoms with E-state index in [2.05, 4.69) is 5.32 Å². The molecule has 2 unspecified atom stereocenters. The Kier molecular flexibility index (Phi) is 4.39. The summed E-state index contributed by atoms with van der Waals surface area (Å²) in [6.45, 7) is 2.32. The molecule has 0 saturated carbocycles. The molecule has 1 saturated heterocycles. The van der Waals surface area contributed by atoms with Crippen LogP contribution in [0.5, 0.6) is 0 Å². The van der Waals surface area contributed by atoms with Gasteiger partial charge in [-0.05, 0) is 26.2 Å². The van der Waals surface area contributed by atoms with Crippen molar-refractivity contribution in [3.8, 4) is 0 Å². The number of nitrogens with zero attached hydrogens (tertiary/aromatic N) is 1. The van der Waals surface area contributed by atoms with E-state index in [0.717, 1.165) is 19.3 Å². The fraction of sp³-hybridized carbons (Fsp3) is 0.800. The Hall–Kier alpha value is -0.770. The van der Waals surface area contributed by atoms with E-state index in [4.69, 9.17) is 11.6 Å². The molecule has 5 heteroatoms. The summed E-state index contributed by atoms with van der Waals surface area (Å²) in [6.07, 6.45) is 2.65. The fourth-order valence-corrected chi connectivity index (χ4v) is 1.88. The van der Waals surface area contributed by atoms with Gasteiger partial charge in [-0.15, -0.1) is 11.6 Å². The Bertz CT molecular complexity index is 256. The Morgan fingerprint density at radius 1 is 1.60 bits per heavy atom. The molecule has 1 aliphatic heterocycles. The van der Waals surface area contributed by atoms with Crippen LogP contribution in [-0.4, -0.2) is 41.7 Å². The van der Waals surface area contributed by atoms with Crippen molar-refractivity contribution in [2.75, 3.05) is 13.6 Å². The Morgan fingerprint density at radius 2 is 2.27 bits per heavy atom. The molecule has 1 heterocycles. The molecule has 1 aliphatic rings. The number of halogens is 1. The quantitative estimate of drug-likeness (QED) is 0.714. The van der Waals surface area contributed by atoms with Crippen LogP contribution in [0.1, 0.15) is 26.2 Å². The lowest BCUT2D eigenvalue weighted by Gasteiger charge is -2.26. The highest BCUT2D eigenvalue weighted by Gasteiger charge is 2.29. The second kappa shape index (κ2) is 5.35. The molecule has 0 aliphatic carbocycles. The smallest absolute Gasteiger partial charge is 0.242 e. The van der Waals surface area contributed by atoms with E-state index < -0.39 is 5.38 Å². The van der Waals surface area contributed by atoms with Crippen molar-refractivity contribution in [1.29, 1.82) is 0 Å². The lowest BCUT2D eigenvalue weighted by atomic mass is 10.1. The van der Waals surface area contributed by atoms with Crippen LogP contribution < -0.4 is 5.32 Å². The van der Waals surface area contributed by atoms with Gasteiger partial charge in [0.25, 0.3) is 0 Å². The first-order valence-electron chi connectivity index (χ1n) is 5.22. The van der Waals surface area contributed by atoms with Crippen LogP contribution >= 0.6 is 11.6 Å². The number of rotatable bonds is 2. The second-order valence-electron chi connectivity index (χ2n) is 3.87. The highest BCUT2D eigenvalue weighted by Crippen LogP contribution is 2.13. The third-order valence-corrected chi connectivity index (χ3v) is 2.85. The monoisotopic (exact) mass is 232 g/mol. The number of likely N-dealkylation sites (N-methyl/N-ethyl adjacent to an activating group) is 1. The maximum absolute atomic E-state index is 11.6. The van der Waals surface area contributed by atoms with Crippen LogP contribution in [0.2, 0.25) is 0 Å². The minimum Gasteiger partial charge on any atom is -0.354 e. The van der Waals surface area contributed by atoms with Crippen LogP contribution in [-0.2, 0) is 9.59 Å². The number of carbonyl (C=O) groups is 2. The van der Waals surface area contributed by atoms with Crippen molar-refractivity contribution >= 4 is 23.4 Å². The molecule has 1 rings (SSSR count). The molecule has 0 spiro atoms. The topological polar surface area (TPSA) is 49.4 Å². The molecule has 0 bridgehead atoms. The summed E-state index contributed by atoms with van der Waals surface area (Å²) in [5, 5.41) is 2.22. The van der Waals surface area contributed by atoms with Gasteiger partial charge in [-0.1, -0.05) is 0 Å². The molecule has 1 N–H and O–H groups in total. The van der Waals surface area contributed by atoms with Gasteiger partial charge in [-0.3, -0.25) is 9.59 Å². The molecule has 0 aromatic carbocycles. The van der Waals surface area contributed by atoms with Gasteiger partial charge in [0.2, 0.25) is 11.8 Å². The van der Waals surface area contributed by atoms with Gasteiger partial charge in [0, 0.05) is 13.6 Å². The van der Waals surface area contributed by atoms with Crippen molar-refractivity contribution in [1.82, 2.24) is 10.2 Å². The van der Waals surface area contributed by atoms with Crippen molar-refractivity contribution in [2.45, 2.75) is 37.6 Å². The zero-order chi connectivity index (χ0) is 11.4. The Morgan fingerprint density at radius 3 is 2.87 bits per heavy atom. The molecule has 0 aromatic rings. The molecule has 1 fully saturated rings. The predicted molar refractivity (Wildman–Crippen MR) is 58.7 cm³/mol. The summed E-state index contributed by atoms with van der Waals surface area (Å²) in [5.41, 5.74) is 0. The Balaban J connectivity index is 2.67. The lowest BCUT2D eigenvalue weighted by Crippen LogP contribution is -2.48. The molecule has 0 radical (unpaired) electrons. The van der Waals surface area contributed by atoms with Crippen LogP contribution in [0.4, 0.5) is 0 Å². The fourth-order valence-electron chi connectivity index (χ4n) is 1.73. The molecular weight excluding hydrogens is 216 g/mol. The van der Waals surface area contributed by atoms with Crippen LogP contribution in [0.25, 0.3) is 0 Å². The summed E-state index contributed by atoms with van der Waals surface area (Å²) in [5.74, 6) is -0.264. The number of carbonyl (C=O) groups excluding carboxylic acids is 2. The largest absolute Gasteiger partial charge is 0.354 e. The number of nitrogens with one attached hydrogen (secondary N) is 1. The van der Waals surface area contributed by atoms with Gasteiger partial charge in [-0.25, -0.2) is 0 Å². The second-order valence-corrected chi connectivity index (χ2v) is 4.52. The minimum atomic E-state index is -0.578. The van der Waals surface area contributed by atoms with E-state index in [-0.39, 0.29) is 17.9 Å². The van der Waals surface area contributed by atoms with Gasteiger partial charge in [0.1, 0.15) is 11.4 Å². The van der Waals surface area contributed by atoms with E-state index in [1.54, 1.807) is 14.0 Å². The van der Waals surface area contributed by atoms with Crippen molar-refractivity contribution in [2.24, 2.45) is 0 Å². The summed E-state index contributed by atoms with van der Waals surface area (Å²) >= 11 is 5.71. The highest BCUT2D eigenvalue weighted by molar-refractivity contribution is 6.30. The van der Waals surface area contributed by atoms with E-state index in [0.29, 0.717) is 6.54 Å². The van der Waals surface area contributed by atoms with Crippen LogP contribution in [0.3, 0.4) is 0 Å². The van der Waals surface area contributed by atoms with E-state index in [1.165, 1.54) is 4.90 Å². The molecule has 2 atom stereocenters. The first kappa shape index (κ1) is 12.3. The molecule has 15 heavy (non-hydrogen) atoms. The number of hydrogen-bond donors (Lipinski definition) is 1. The maximum atomic E-state index is 11.6. The van der Waals surface area contributed by atoms with Gasteiger partial charge in [0.05, 0.1) is 0 Å². The molecule has 86 valence electrons. The highest BCUT2D eigenvalue weighted by atomic mass is 35.5. The lowest BCUT2D eigenvalue weighted by molar-refractivity contribution is -0.138. The first-order valence-corrected chi connectivity index (χ1v) is 5.66. The first-order chi connectivity index (χ1) is 7.04. The van der Waals surface area contributed by atoms with Gasteiger partial charge < -0.3 is 10.2 Å². The van der Waals surface area contributed by atoms with Crippen LogP contribution in [0, 0.1) is 0 Å². The van der Waals surface area contributed by atoms with Crippen molar-refractivity contribution < 1.29 is 9.59 Å². The normalized spacial score (nSPS) is 23.9. The van der Waals surface area contributed by atoms with Crippen LogP contribution in [0.15, 0.2) is 0 Å². The average molecular weight is 233 g/mol. The number of hydrogen-bond acceptors (Lipinski definition) is 2. The summed E-state index contributed by atoms with van der Waals surface area (Å²) in [6, 6.07) is -0.360. The van der Waals surface area contributed by atoms with Crippen molar-refractivity contribution in [3.63, 3.8) is 0 Å². The van der Waals surface area contributed by atoms with E-state index in [9.17, 15) is 9.59 Å². The summed E-state index contributed by atoms with van der Waals surface area (Å²) in [7, 11) is 1.64. The minimum absolute atomic E-state index is 0.0688. The SMILES string of the molecule is CC(Cl)C(=O)N(C)C1CCCCNC1=O. The summed E-state index contributed by atoms with van der Waals surface area (Å²) in [4.78, 5) is 24.7. The predicted octanol–water partition coefficient (Wildman–Crippen LogP) is 0.741. The Labute approximate surface area is 95.0 Å². The average Bonchev–Trinajstić information content (AvgIpc) is 2.40. The molecule has 2 amide bonds. The standard InChI is InChI=1S/C10H17ClN2O2/c1-7(11)10(15)13(2)8-5-3-4-6-12-9(8)14/h7-8H,3-6H2,1-2H3,(H,12,14). The number of amides is 2. The van der Waals surface area contributed by atoms with E-state index >= 15 is 0 Å². The maximum Gasteiger partial charge on any atom is 0.242 e. The third kappa shape index (κ3) is 3.09. The number of alkyl halides is 1. The van der Waals surface area contributed by atoms with Gasteiger partial charge in [0.15, 0.2) is 0 Å². The van der Waals surface area contributed by atoms with Gasteiger partial charge >= 0.3 is 0 Å². The van der Waals surface area contributed by atoms with Crippen molar-refractivity contribution in [3.05, 3.63) is 0 Å². The van der Waals surface area contributed by atoms with Gasteiger partial charge in [-0.2, -0.15) is 0 Å². The molecular formula is C10H17ClN2O2. The third-order valence-electron chi connectivity index (χ3n) is 2.66. The zero-order valence-corrected chi connectivity index (χ0v) is 9.88. The molecule has 0 aromatic heterocycles. The molecule has 4 nitrogen and oxygen atoms in total. The zero-order valence-electron chi connectivity index (χ0n) is 9.12. The van der Waals surface area contributed by atoms with E-state index in [1.807, 2.05) is 0 Å². The summed E-state index contributed by atoms with van der Waals surface area (Å²) < 4.78 is 0.